The third-order valence-electron chi connectivity index (χ3n) is 6.55. The minimum Gasteiger partial charge on any atom is -0.454 e. The number of ether oxygens (including phenoxy) is 1. The summed E-state index contributed by atoms with van der Waals surface area (Å²) in [5, 5.41) is 10.3. The number of imide groups is 1. The molecule has 2 aliphatic heterocycles. The Morgan fingerprint density at radius 2 is 1.74 bits per heavy atom. The number of carbonyl (C=O) groups excluding carboxylic acids is 4. The lowest BCUT2D eigenvalue weighted by molar-refractivity contribution is -0.384. The van der Waals surface area contributed by atoms with Gasteiger partial charge in [0.25, 0.3) is 5.69 Å². The predicted molar refractivity (Wildman–Crippen MR) is 150 cm³/mol. The number of thioether (sulfide) groups is 1. The summed E-state index contributed by atoms with van der Waals surface area (Å²) in [7, 11) is 0. The molecule has 2 aromatic rings. The Balaban J connectivity index is 1.34. The number of piperidine rings is 1. The van der Waals surface area contributed by atoms with Gasteiger partial charge in [0.05, 0.1) is 16.2 Å². The van der Waals surface area contributed by atoms with Gasteiger partial charge < -0.3 is 9.64 Å². The fraction of sp³-hybridized carbons (Fsp3) is 0.370. The lowest BCUT2D eigenvalue weighted by atomic mass is 9.92. The van der Waals surface area contributed by atoms with Gasteiger partial charge in [0, 0.05) is 37.2 Å². The number of Topliss-reactive ketones (excluding diaryl/α,β-unsaturated/α-hetero) is 1. The second kappa shape index (κ2) is 12.0. The average molecular weight is 570 g/mol. The van der Waals surface area contributed by atoms with Crippen LogP contribution in [0.25, 0.3) is 0 Å². The zero-order valence-electron chi connectivity index (χ0n) is 21.4. The highest BCUT2D eigenvalue weighted by Crippen LogP contribution is 2.33. The van der Waals surface area contributed by atoms with Crippen LogP contribution in [0.3, 0.4) is 0 Å². The van der Waals surface area contributed by atoms with E-state index in [2.05, 4.69) is 18.7 Å². The quantitative estimate of drug-likeness (QED) is 0.119. The third-order valence-corrected chi connectivity index (χ3v) is 8.21. The van der Waals surface area contributed by atoms with Gasteiger partial charge in [0.15, 0.2) is 6.61 Å². The summed E-state index contributed by atoms with van der Waals surface area (Å²) >= 11 is 6.85. The first-order valence-electron chi connectivity index (χ1n) is 12.4. The van der Waals surface area contributed by atoms with E-state index >= 15 is 0 Å². The molecule has 0 aliphatic carbocycles. The topological polar surface area (TPSA) is 127 Å². The zero-order chi connectivity index (χ0) is 28.3. The Hall–Kier alpha value is -3.64. The summed E-state index contributed by atoms with van der Waals surface area (Å²) in [5.41, 5.74) is 0.245. The summed E-state index contributed by atoms with van der Waals surface area (Å²) in [6, 6.07) is 10.9. The van der Waals surface area contributed by atoms with Crippen molar-refractivity contribution in [1.29, 1.82) is 0 Å². The predicted octanol–water partition coefficient (Wildman–Crippen LogP) is 4.26. The van der Waals surface area contributed by atoms with Crippen molar-refractivity contribution in [1.82, 2.24) is 4.90 Å². The SMILES string of the molecule is CC1CC(C)CN(C(=S)SC2CC(=O)N(c3ccc(C(=O)OCC(=O)c4cccc([N+](=O)[O-])c4)cc3)C2=O)C1. The van der Waals surface area contributed by atoms with Crippen LogP contribution in [0, 0.1) is 22.0 Å². The molecular weight excluding hydrogens is 542 g/mol. The number of hydrogen-bond acceptors (Lipinski definition) is 9. The van der Waals surface area contributed by atoms with Gasteiger partial charge in [-0.05, 0) is 42.5 Å². The highest BCUT2D eigenvalue weighted by atomic mass is 32.2. The molecule has 0 aromatic heterocycles. The lowest BCUT2D eigenvalue weighted by Crippen LogP contribution is -2.41. The summed E-state index contributed by atoms with van der Waals surface area (Å²) in [6.45, 7) is 5.43. The second-order valence-electron chi connectivity index (χ2n) is 9.85. The molecule has 2 aliphatic rings. The molecule has 39 heavy (non-hydrogen) atoms. The fourth-order valence-corrected chi connectivity index (χ4v) is 6.28. The molecule has 0 spiro atoms. The molecule has 0 N–H and O–H groups in total. The largest absolute Gasteiger partial charge is 0.454 e. The maximum absolute atomic E-state index is 13.1. The summed E-state index contributed by atoms with van der Waals surface area (Å²) in [5.74, 6) is -1.07. The molecule has 2 fully saturated rings. The van der Waals surface area contributed by atoms with Crippen molar-refractivity contribution >= 4 is 63.2 Å². The van der Waals surface area contributed by atoms with Crippen molar-refractivity contribution in [2.24, 2.45) is 11.8 Å². The number of esters is 1. The highest BCUT2D eigenvalue weighted by molar-refractivity contribution is 8.23. The van der Waals surface area contributed by atoms with Crippen molar-refractivity contribution in [3.05, 3.63) is 69.8 Å². The molecule has 10 nitrogen and oxygen atoms in total. The summed E-state index contributed by atoms with van der Waals surface area (Å²) in [6.07, 6.45) is 1.17. The van der Waals surface area contributed by atoms with Crippen molar-refractivity contribution in [2.45, 2.75) is 31.9 Å². The van der Waals surface area contributed by atoms with Crippen molar-refractivity contribution in [2.75, 3.05) is 24.6 Å². The van der Waals surface area contributed by atoms with Crippen LogP contribution in [-0.4, -0.2) is 62.7 Å². The summed E-state index contributed by atoms with van der Waals surface area (Å²) in [4.78, 5) is 64.0. The zero-order valence-corrected chi connectivity index (χ0v) is 23.0. The smallest absolute Gasteiger partial charge is 0.338 e. The first-order valence-corrected chi connectivity index (χ1v) is 13.7. The molecule has 3 unspecified atom stereocenters. The van der Waals surface area contributed by atoms with Crippen LogP contribution in [-0.2, 0) is 14.3 Å². The van der Waals surface area contributed by atoms with Crippen LogP contribution >= 0.6 is 24.0 Å². The number of non-ortho nitro benzene ring substituents is 1. The number of rotatable bonds is 7. The highest BCUT2D eigenvalue weighted by Gasteiger charge is 2.41. The summed E-state index contributed by atoms with van der Waals surface area (Å²) < 4.78 is 5.68. The third kappa shape index (κ3) is 6.69. The van der Waals surface area contributed by atoms with Gasteiger partial charge in [0.2, 0.25) is 17.6 Å². The molecule has 2 aromatic carbocycles. The van der Waals surface area contributed by atoms with E-state index in [0.29, 0.717) is 21.8 Å². The van der Waals surface area contributed by atoms with Crippen LogP contribution in [0.4, 0.5) is 11.4 Å². The number of nitro benzene ring substituents is 1. The maximum Gasteiger partial charge on any atom is 0.338 e. The van der Waals surface area contributed by atoms with Gasteiger partial charge in [-0.15, -0.1) is 0 Å². The van der Waals surface area contributed by atoms with Crippen molar-refractivity contribution in [3.8, 4) is 0 Å². The van der Waals surface area contributed by atoms with Crippen molar-refractivity contribution in [3.63, 3.8) is 0 Å². The Kier molecular flexibility index (Phi) is 8.76. The first kappa shape index (κ1) is 28.4. The standard InChI is InChI=1S/C27H27N3O7S2/c1-16-10-17(2)14-28(13-16)27(38)39-23-12-24(32)29(25(23)33)20-8-6-18(7-9-20)26(34)37-15-22(31)19-4-3-5-21(11-19)30(35)36/h3-9,11,16-17,23H,10,12-15H2,1-2H3. The van der Waals surface area contributed by atoms with E-state index < -0.39 is 28.5 Å². The molecule has 2 saturated heterocycles. The van der Waals surface area contributed by atoms with Crippen LogP contribution in [0.15, 0.2) is 48.5 Å². The van der Waals surface area contributed by atoms with E-state index in [0.717, 1.165) is 30.5 Å². The van der Waals surface area contributed by atoms with Crippen LogP contribution in [0.2, 0.25) is 0 Å². The Morgan fingerprint density at radius 1 is 1.08 bits per heavy atom. The Bertz CT molecular complexity index is 1320. The monoisotopic (exact) mass is 569 g/mol. The molecule has 0 bridgehead atoms. The van der Waals surface area contributed by atoms with Gasteiger partial charge in [-0.25, -0.2) is 9.69 Å². The first-order chi connectivity index (χ1) is 18.5. The Morgan fingerprint density at radius 3 is 2.38 bits per heavy atom. The second-order valence-corrected chi connectivity index (χ2v) is 11.7. The molecule has 3 atom stereocenters. The maximum atomic E-state index is 13.1. The average Bonchev–Trinajstić information content (AvgIpc) is 3.18. The number of ketones is 1. The number of carbonyl (C=O) groups is 4. The number of likely N-dealkylation sites (tertiary alicyclic amines) is 1. The van der Waals surface area contributed by atoms with Crippen LogP contribution < -0.4 is 4.90 Å². The number of amides is 2. The minimum absolute atomic E-state index is 0.0339. The van der Waals surface area contributed by atoms with Gasteiger partial charge >= 0.3 is 5.97 Å². The van der Waals surface area contributed by atoms with E-state index in [1.165, 1.54) is 54.2 Å². The van der Waals surface area contributed by atoms with E-state index in [1.807, 2.05) is 0 Å². The van der Waals surface area contributed by atoms with E-state index in [4.69, 9.17) is 17.0 Å². The fourth-order valence-electron chi connectivity index (χ4n) is 4.81. The number of thiocarbonyl (C=S) groups is 1. The van der Waals surface area contributed by atoms with Crippen LogP contribution in [0.1, 0.15) is 47.4 Å². The molecule has 4 rings (SSSR count). The lowest BCUT2D eigenvalue weighted by Gasteiger charge is -2.36. The van der Waals surface area contributed by atoms with E-state index in [1.54, 1.807) is 0 Å². The number of anilines is 1. The molecule has 0 radical (unpaired) electrons. The molecule has 12 heteroatoms. The number of hydrogen-bond donors (Lipinski definition) is 0. The molecule has 0 saturated carbocycles. The van der Waals surface area contributed by atoms with Crippen molar-refractivity contribution < 1.29 is 28.8 Å². The van der Waals surface area contributed by atoms with Gasteiger partial charge in [-0.1, -0.05) is 50.0 Å². The molecule has 2 heterocycles. The number of nitrogens with zero attached hydrogens (tertiary/aromatic N) is 3. The Labute approximate surface area is 234 Å². The van der Waals surface area contributed by atoms with Gasteiger partial charge in [-0.3, -0.25) is 24.5 Å². The normalized spacial score (nSPS) is 21.1. The van der Waals surface area contributed by atoms with E-state index in [-0.39, 0.29) is 35.0 Å². The number of benzene rings is 2. The van der Waals surface area contributed by atoms with E-state index in [9.17, 15) is 29.3 Å². The van der Waals surface area contributed by atoms with Gasteiger partial charge in [-0.2, -0.15) is 0 Å². The minimum atomic E-state index is -0.789. The molecule has 2 amide bonds. The number of nitro groups is 1. The van der Waals surface area contributed by atoms with Crippen LogP contribution in [0.5, 0.6) is 0 Å². The molecular formula is C27H27N3O7S2. The molecule has 204 valence electrons. The van der Waals surface area contributed by atoms with Gasteiger partial charge in [0.1, 0.15) is 9.57 Å².